The molecule has 1 aliphatic heterocycles. The zero-order chi connectivity index (χ0) is 18.9. The molecule has 134 valence electrons. The maximum atomic E-state index is 12.8. The molecule has 26 heavy (non-hydrogen) atoms. The van der Waals surface area contributed by atoms with Gasteiger partial charge in [0.1, 0.15) is 12.1 Å². The number of benzene rings is 2. The number of halogens is 1. The second kappa shape index (κ2) is 6.92. The van der Waals surface area contributed by atoms with E-state index in [9.17, 15) is 14.4 Å². The largest absolute Gasteiger partial charge is 0.325 e. The van der Waals surface area contributed by atoms with E-state index in [-0.39, 0.29) is 6.54 Å². The molecule has 0 unspecified atom stereocenters. The number of anilines is 1. The molecular weight excluding hydrogens is 398 g/mol. The molecule has 1 fully saturated rings. The molecule has 0 aromatic heterocycles. The van der Waals surface area contributed by atoms with E-state index in [2.05, 4.69) is 26.6 Å². The first-order valence-electron chi connectivity index (χ1n) is 8.07. The number of rotatable bonds is 4. The highest BCUT2D eigenvalue weighted by Gasteiger charge is 2.49. The molecule has 1 saturated heterocycles. The molecule has 0 aliphatic carbocycles. The van der Waals surface area contributed by atoms with Crippen LogP contribution in [-0.4, -0.2) is 29.3 Å². The lowest BCUT2D eigenvalue weighted by Gasteiger charge is -2.22. The highest BCUT2D eigenvalue weighted by Crippen LogP contribution is 2.29. The molecule has 1 atom stereocenters. The van der Waals surface area contributed by atoms with Crippen LogP contribution in [-0.2, 0) is 15.1 Å². The highest BCUT2D eigenvalue weighted by molar-refractivity contribution is 9.10. The Bertz CT molecular complexity index is 885. The lowest BCUT2D eigenvalue weighted by molar-refractivity contribution is -0.133. The summed E-state index contributed by atoms with van der Waals surface area (Å²) in [6.45, 7) is 3.22. The van der Waals surface area contributed by atoms with E-state index in [0.717, 1.165) is 14.9 Å². The number of amides is 4. The van der Waals surface area contributed by atoms with Crippen LogP contribution in [0.15, 0.2) is 53.0 Å². The van der Waals surface area contributed by atoms with Crippen molar-refractivity contribution in [1.82, 2.24) is 10.2 Å². The molecule has 2 N–H and O–H groups in total. The van der Waals surface area contributed by atoms with E-state index in [1.54, 1.807) is 37.3 Å². The van der Waals surface area contributed by atoms with Gasteiger partial charge in [0.15, 0.2) is 0 Å². The van der Waals surface area contributed by atoms with Crippen LogP contribution in [0.4, 0.5) is 10.5 Å². The van der Waals surface area contributed by atoms with E-state index in [4.69, 9.17) is 0 Å². The van der Waals surface area contributed by atoms with Crippen LogP contribution in [0.3, 0.4) is 0 Å². The maximum Gasteiger partial charge on any atom is 0.325 e. The number of aryl methyl sites for hydroxylation is 1. The highest BCUT2D eigenvalue weighted by atomic mass is 79.9. The number of hydrogen-bond acceptors (Lipinski definition) is 3. The first-order valence-corrected chi connectivity index (χ1v) is 8.86. The average Bonchev–Trinajstić information content (AvgIpc) is 2.82. The maximum absolute atomic E-state index is 12.8. The molecule has 0 saturated carbocycles. The Kier molecular flexibility index (Phi) is 4.82. The predicted octanol–water partition coefficient (Wildman–Crippen LogP) is 3.16. The minimum atomic E-state index is -1.18. The molecule has 0 spiro atoms. The van der Waals surface area contributed by atoms with Crippen molar-refractivity contribution in [3.05, 3.63) is 64.1 Å². The summed E-state index contributed by atoms with van der Waals surface area (Å²) in [5, 5.41) is 5.40. The van der Waals surface area contributed by atoms with Crippen molar-refractivity contribution in [2.24, 2.45) is 0 Å². The van der Waals surface area contributed by atoms with Gasteiger partial charge in [0.05, 0.1) is 5.69 Å². The Hall–Kier alpha value is -2.67. The van der Waals surface area contributed by atoms with Crippen LogP contribution in [0, 0.1) is 6.92 Å². The molecule has 7 heteroatoms. The molecule has 6 nitrogen and oxygen atoms in total. The number of carbonyl (C=O) groups excluding carboxylic acids is 3. The van der Waals surface area contributed by atoms with Gasteiger partial charge in [0, 0.05) is 4.47 Å². The Balaban J connectivity index is 1.74. The summed E-state index contributed by atoms with van der Waals surface area (Å²) in [4.78, 5) is 38.3. The van der Waals surface area contributed by atoms with Gasteiger partial charge in [-0.1, -0.05) is 36.4 Å². The number of nitrogens with zero attached hydrogens (tertiary/aromatic N) is 1. The van der Waals surface area contributed by atoms with Gasteiger partial charge in [-0.15, -0.1) is 0 Å². The van der Waals surface area contributed by atoms with Crippen molar-refractivity contribution < 1.29 is 14.4 Å². The normalized spacial score (nSPS) is 19.4. The van der Waals surface area contributed by atoms with Crippen molar-refractivity contribution in [3.8, 4) is 0 Å². The first kappa shape index (κ1) is 18.1. The minimum Gasteiger partial charge on any atom is -0.323 e. The van der Waals surface area contributed by atoms with Crippen LogP contribution in [0.1, 0.15) is 18.1 Å². The predicted molar refractivity (Wildman–Crippen MR) is 102 cm³/mol. The second-order valence-electron chi connectivity index (χ2n) is 6.34. The van der Waals surface area contributed by atoms with Crippen LogP contribution < -0.4 is 10.6 Å². The van der Waals surface area contributed by atoms with Crippen molar-refractivity contribution in [1.29, 1.82) is 0 Å². The van der Waals surface area contributed by atoms with E-state index in [1.165, 1.54) is 0 Å². The monoisotopic (exact) mass is 415 g/mol. The third-order valence-corrected chi connectivity index (χ3v) is 4.98. The summed E-state index contributed by atoms with van der Waals surface area (Å²) < 4.78 is 0.733. The van der Waals surface area contributed by atoms with E-state index in [0.29, 0.717) is 11.3 Å². The van der Waals surface area contributed by atoms with Crippen molar-refractivity contribution in [2.45, 2.75) is 19.4 Å². The summed E-state index contributed by atoms with van der Waals surface area (Å²) in [7, 11) is 0. The quantitative estimate of drug-likeness (QED) is 0.752. The topological polar surface area (TPSA) is 78.5 Å². The van der Waals surface area contributed by atoms with Gasteiger partial charge in [-0.3, -0.25) is 14.5 Å². The molecule has 1 heterocycles. The Morgan fingerprint density at radius 1 is 1.19 bits per heavy atom. The van der Waals surface area contributed by atoms with Crippen molar-refractivity contribution in [2.75, 3.05) is 11.9 Å². The van der Waals surface area contributed by atoms with Gasteiger partial charge in [0.2, 0.25) is 5.91 Å². The zero-order valence-corrected chi connectivity index (χ0v) is 16.0. The van der Waals surface area contributed by atoms with Gasteiger partial charge < -0.3 is 10.6 Å². The summed E-state index contributed by atoms with van der Waals surface area (Å²) in [6.07, 6.45) is 0. The fraction of sp³-hybridized carbons (Fsp3) is 0.211. The smallest absolute Gasteiger partial charge is 0.323 e. The number of nitrogens with one attached hydrogen (secondary N) is 2. The lowest BCUT2D eigenvalue weighted by Crippen LogP contribution is -2.42. The zero-order valence-electron chi connectivity index (χ0n) is 14.4. The Morgan fingerprint density at radius 3 is 2.54 bits per heavy atom. The Labute approximate surface area is 159 Å². The van der Waals surface area contributed by atoms with Gasteiger partial charge in [-0.05, 0) is 53.0 Å². The minimum absolute atomic E-state index is 0.354. The van der Waals surface area contributed by atoms with E-state index >= 15 is 0 Å². The summed E-state index contributed by atoms with van der Waals surface area (Å²) in [6, 6.07) is 13.9. The van der Waals surface area contributed by atoms with Crippen molar-refractivity contribution >= 4 is 39.5 Å². The summed E-state index contributed by atoms with van der Waals surface area (Å²) in [5.41, 5.74) is 1.12. The van der Waals surface area contributed by atoms with Crippen LogP contribution in [0.2, 0.25) is 0 Å². The molecule has 3 rings (SSSR count). The SMILES string of the molecule is Cc1ccc(NC(=O)CN2C(=O)N[C@@](C)(c3ccccc3)C2=O)c(Br)c1. The molecule has 2 aromatic rings. The standard InChI is InChI=1S/C19H18BrN3O3/c1-12-8-9-15(14(20)10-12)21-16(24)11-23-17(25)19(2,22-18(23)26)13-6-4-3-5-7-13/h3-10H,11H2,1-2H3,(H,21,24)(H,22,26)/t19-/m0/s1. The summed E-state index contributed by atoms with van der Waals surface area (Å²) >= 11 is 3.39. The fourth-order valence-electron chi connectivity index (χ4n) is 2.86. The number of imide groups is 1. The van der Waals surface area contributed by atoms with E-state index < -0.39 is 23.4 Å². The molecular formula is C19H18BrN3O3. The average molecular weight is 416 g/mol. The second-order valence-corrected chi connectivity index (χ2v) is 7.20. The molecule has 2 aromatic carbocycles. The van der Waals surface area contributed by atoms with E-state index in [1.807, 2.05) is 25.1 Å². The number of urea groups is 1. The van der Waals surface area contributed by atoms with Gasteiger partial charge in [-0.2, -0.15) is 0 Å². The molecule has 0 bridgehead atoms. The third kappa shape index (κ3) is 3.35. The number of carbonyl (C=O) groups is 3. The van der Waals surface area contributed by atoms with Crippen LogP contribution in [0.25, 0.3) is 0 Å². The molecule has 1 aliphatic rings. The molecule has 0 radical (unpaired) electrons. The van der Waals surface area contributed by atoms with Crippen molar-refractivity contribution in [3.63, 3.8) is 0 Å². The fourth-order valence-corrected chi connectivity index (χ4v) is 3.45. The lowest BCUT2D eigenvalue weighted by atomic mass is 9.92. The van der Waals surface area contributed by atoms with Crippen LogP contribution >= 0.6 is 15.9 Å². The number of hydrogen-bond donors (Lipinski definition) is 2. The van der Waals surface area contributed by atoms with Gasteiger partial charge in [-0.25, -0.2) is 4.79 Å². The van der Waals surface area contributed by atoms with Crippen LogP contribution in [0.5, 0.6) is 0 Å². The Morgan fingerprint density at radius 2 is 1.88 bits per heavy atom. The molecule has 4 amide bonds. The first-order chi connectivity index (χ1) is 12.3. The van der Waals surface area contributed by atoms with Gasteiger partial charge in [0.25, 0.3) is 5.91 Å². The summed E-state index contributed by atoms with van der Waals surface area (Å²) in [5.74, 6) is -0.901. The van der Waals surface area contributed by atoms with Gasteiger partial charge >= 0.3 is 6.03 Å². The third-order valence-electron chi connectivity index (χ3n) is 4.33.